The van der Waals surface area contributed by atoms with Gasteiger partial charge in [0.2, 0.25) is 0 Å². The largest absolute Gasteiger partial charge is 0.459 e. The van der Waals surface area contributed by atoms with Gasteiger partial charge in [-0.15, -0.1) is 0 Å². The number of aliphatic hydroxyl groups is 3. The summed E-state index contributed by atoms with van der Waals surface area (Å²) in [5.74, 6) is -4.54. The van der Waals surface area contributed by atoms with E-state index in [0.717, 1.165) is 39.2 Å². The van der Waals surface area contributed by atoms with Crippen LogP contribution in [0.25, 0.3) is 0 Å². The van der Waals surface area contributed by atoms with Gasteiger partial charge in [-0.1, -0.05) is 133 Å². The summed E-state index contributed by atoms with van der Waals surface area (Å²) in [4.78, 5) is 135. The second-order valence-corrected chi connectivity index (χ2v) is 27.2. The molecule has 0 aliphatic carbocycles. The highest BCUT2D eigenvalue weighted by atomic mass is 35.5. The third-order valence-corrected chi connectivity index (χ3v) is 18.3. The lowest BCUT2D eigenvalue weighted by atomic mass is 9.97. The summed E-state index contributed by atoms with van der Waals surface area (Å²) in [5.41, 5.74) is -6.15. The number of carbonyl (C=O) groups excluding carboxylic acids is 6. The van der Waals surface area contributed by atoms with E-state index < -0.39 is 150 Å². The third-order valence-electron chi connectivity index (χ3n) is 17.4. The summed E-state index contributed by atoms with van der Waals surface area (Å²) >= 11 is 21.9. The molecule has 4 aliphatic heterocycles. The van der Waals surface area contributed by atoms with Crippen molar-refractivity contribution in [1.29, 1.82) is 0 Å². The van der Waals surface area contributed by atoms with Gasteiger partial charge >= 0.3 is 52.9 Å². The zero-order chi connectivity index (χ0) is 78.2. The molecule has 9 aromatic rings. The Morgan fingerprint density at radius 2 is 0.789 bits per heavy atom. The molecule has 6 N–H and O–H groups in total. The van der Waals surface area contributed by atoms with Gasteiger partial charge in [-0.3, -0.25) is 33.4 Å². The van der Waals surface area contributed by atoms with Gasteiger partial charge in [-0.25, -0.2) is 43.2 Å². The number of nitrogens with one attached hydrogen (secondary N) is 3. The molecule has 0 spiro atoms. The molecule has 3 unspecified atom stereocenters. The van der Waals surface area contributed by atoms with Crippen LogP contribution in [0.15, 0.2) is 226 Å². The number of rotatable bonds is 18. The molecular formula is C76H72Cl2N6O23S2. The van der Waals surface area contributed by atoms with Crippen molar-refractivity contribution >= 4 is 83.5 Å². The predicted octanol–water partition coefficient (Wildman–Crippen LogP) is 8.64. The summed E-state index contributed by atoms with van der Waals surface area (Å²) in [6.07, 6.45) is -5.48. The van der Waals surface area contributed by atoms with E-state index in [0.29, 0.717) is 10.0 Å². The fourth-order valence-corrected chi connectivity index (χ4v) is 12.3. The quantitative estimate of drug-likeness (QED) is 0.0266. The first-order chi connectivity index (χ1) is 52.2. The Bertz CT molecular complexity index is 4820. The maximum atomic E-state index is 13.3. The number of carbonyl (C=O) groups is 6. The molecule has 0 saturated carbocycles. The minimum Gasteiger partial charge on any atom is -0.459 e. The fraction of sp³-hybridized carbons (Fsp3) is 0.289. The molecule has 4 aliphatic rings. The summed E-state index contributed by atoms with van der Waals surface area (Å²) in [5, 5.41) is 29.5. The van der Waals surface area contributed by atoms with Crippen molar-refractivity contribution in [3.05, 3.63) is 301 Å². The maximum Gasteiger partial charge on any atom is 0.338 e. The highest BCUT2D eigenvalue weighted by molar-refractivity contribution is 7.71. The Labute approximate surface area is 640 Å². The van der Waals surface area contributed by atoms with E-state index in [1.807, 2.05) is 0 Å². The Hall–Kier alpha value is -10.7. The van der Waals surface area contributed by atoms with Crippen molar-refractivity contribution in [2.24, 2.45) is 0 Å². The number of ether oxygens (including phenoxy) is 10. The van der Waals surface area contributed by atoms with E-state index in [1.54, 1.807) is 121 Å². The van der Waals surface area contributed by atoms with Crippen molar-refractivity contribution in [3.63, 3.8) is 0 Å². The molecule has 4 fully saturated rings. The minimum atomic E-state index is -1.65. The van der Waals surface area contributed by atoms with Gasteiger partial charge in [0, 0.05) is 47.9 Å². The normalized spacial score (nSPS) is 23.7. The van der Waals surface area contributed by atoms with Crippen LogP contribution in [0.1, 0.15) is 114 Å². The first-order valence-corrected chi connectivity index (χ1v) is 35.2. The number of esters is 6. The number of aromatic nitrogens is 6. The second kappa shape index (κ2) is 36.5. The van der Waals surface area contributed by atoms with E-state index in [4.69, 9.17) is 95.0 Å². The standard InChI is InChI=1S/C31H25ClN2O9.C31H25ClN2O8S.C10H14N2O5S.C4H8O/c1-31(18-40-27(36)21-13-8-14-22(32)17-21)25(42-29(38)20-11-6-3-7-12-20)24(41-28(37)19-9-4-2-5-10-19)26(43-31)34-16-15-23(35)33-30(34)39;1-31(18-39-27(35)21-13-8-14-22(32)17-21)25(41-29(37)20-11-6-3-7-12-20)24(40-28(36)19-9-4-2-5-10-19)26(42-31)34-16-15-23(43)33-30(34)38;1-10(4-13)7(15)6(14)8(17-10)12-3-2-5(18)11-9(12)16;1-2-4-5-3-1/h2-17,24-26H,18H2,1H3,(H,33,35,39);2-17,24-26H,18H2,1H3,(H,33,38,43);2-3,6-8,13-15H,4H2,1H3,(H,11,16,18);1-4H2/t2*24-,25?,26+,31+;6-,7?,8+,10+;/m000./s1. The molecule has 29 nitrogen and oxygen atoms in total. The lowest BCUT2D eigenvalue weighted by Crippen LogP contribution is -2.49. The summed E-state index contributed by atoms with van der Waals surface area (Å²) in [6, 6.07) is 48.7. The first-order valence-electron chi connectivity index (χ1n) is 33.6. The molecule has 33 heteroatoms. The highest BCUT2D eigenvalue weighted by Gasteiger charge is 2.61. The molecule has 7 heterocycles. The van der Waals surface area contributed by atoms with Gasteiger partial charge in [0.25, 0.3) is 5.56 Å². The van der Waals surface area contributed by atoms with Crippen molar-refractivity contribution in [3.8, 4) is 0 Å². The average Bonchev–Trinajstić information content (AvgIpc) is 1.63. The molecule has 0 bridgehead atoms. The van der Waals surface area contributed by atoms with E-state index in [1.165, 1.54) is 107 Å². The predicted molar refractivity (Wildman–Crippen MR) is 394 cm³/mol. The number of halogens is 2. The zero-order valence-corrected chi connectivity index (χ0v) is 61.3. The van der Waals surface area contributed by atoms with Gasteiger partial charge in [0.15, 0.2) is 43.1 Å². The van der Waals surface area contributed by atoms with Crippen molar-refractivity contribution in [2.45, 2.75) is 106 Å². The highest BCUT2D eigenvalue weighted by Crippen LogP contribution is 2.44. The number of hydrogen-bond donors (Lipinski definition) is 6. The Morgan fingerprint density at radius 3 is 1.12 bits per heavy atom. The van der Waals surface area contributed by atoms with Crippen LogP contribution in [0.4, 0.5) is 0 Å². The van der Waals surface area contributed by atoms with E-state index >= 15 is 0 Å². The molecule has 6 aromatic carbocycles. The number of aliphatic hydroxyl groups excluding tert-OH is 3. The van der Waals surface area contributed by atoms with Gasteiger partial charge in [-0.2, -0.15) is 0 Å². The minimum absolute atomic E-state index is 0.160. The van der Waals surface area contributed by atoms with Crippen molar-refractivity contribution < 1.29 is 91.5 Å². The molecule has 13 rings (SSSR count). The van der Waals surface area contributed by atoms with E-state index in [2.05, 4.69) is 15.0 Å². The third kappa shape index (κ3) is 20.2. The molecule has 4 saturated heterocycles. The van der Waals surface area contributed by atoms with Crippen LogP contribution in [0, 0.1) is 9.28 Å². The summed E-state index contributed by atoms with van der Waals surface area (Å²) in [6.45, 7) is 5.07. The Morgan fingerprint density at radius 1 is 0.450 bits per heavy atom. The smallest absolute Gasteiger partial charge is 0.338 e. The maximum absolute atomic E-state index is 13.3. The van der Waals surface area contributed by atoms with E-state index in [9.17, 15) is 63.3 Å². The van der Waals surface area contributed by atoms with Crippen LogP contribution in [-0.2, 0) is 47.4 Å². The fourth-order valence-electron chi connectivity index (χ4n) is 11.6. The topological polar surface area (TPSA) is 386 Å². The second-order valence-electron chi connectivity index (χ2n) is 25.5. The number of nitrogens with zero attached hydrogens (tertiary/aromatic N) is 3. The molecule has 0 amide bonds. The lowest BCUT2D eigenvalue weighted by molar-refractivity contribution is -0.122. The van der Waals surface area contributed by atoms with Gasteiger partial charge in [0.1, 0.15) is 51.5 Å². The number of aromatic amines is 3. The van der Waals surface area contributed by atoms with Crippen molar-refractivity contribution in [2.75, 3.05) is 33.0 Å². The average molecular weight is 1570 g/mol. The van der Waals surface area contributed by atoms with Gasteiger partial charge < -0.3 is 62.7 Å². The van der Waals surface area contributed by atoms with Crippen molar-refractivity contribution in [1.82, 2.24) is 28.7 Å². The molecular weight excluding hydrogens is 1500 g/mol. The first kappa shape index (κ1) is 80.9. The number of hydrogen-bond acceptors (Lipinski definition) is 25. The summed E-state index contributed by atoms with van der Waals surface area (Å²) < 4.78 is 61.3. The van der Waals surface area contributed by atoms with E-state index in [-0.39, 0.29) is 42.7 Å². The Balaban J connectivity index is 0.000000180. The van der Waals surface area contributed by atoms with Crippen LogP contribution in [0.3, 0.4) is 0 Å². The number of H-pyrrole nitrogens is 3. The monoisotopic (exact) mass is 1570 g/mol. The lowest BCUT2D eigenvalue weighted by Gasteiger charge is -2.30. The SMILES string of the molecule is C1CCOC1.C[C@]1(CO)O[C@@H](n2ccc(=S)[nH]c2=O)[C@@H](O)C1O.C[C@]1(COC(=O)c2cccc(Cl)c2)O[C@@H](n2ccc(=O)[nH]c2=O)[C@@H](OC(=O)c2ccccc2)C1OC(=O)c1ccccc1.C[C@]1(COC(=O)c2cccc(Cl)c2)O[C@@H](n2ccc(=S)[nH]c2=O)[C@@H](OC(=O)c2ccccc2)C1OC(=O)c1ccccc1. The van der Waals surface area contributed by atoms with Gasteiger partial charge in [-0.05, 0) is 131 Å². The number of benzene rings is 6. The molecule has 0 radical (unpaired) electrons. The van der Waals surface area contributed by atoms with Crippen LogP contribution in [0.5, 0.6) is 0 Å². The summed E-state index contributed by atoms with van der Waals surface area (Å²) in [7, 11) is 0. The zero-order valence-electron chi connectivity index (χ0n) is 58.2. The molecule has 3 aromatic heterocycles. The molecule has 12 atom stereocenters. The molecule has 570 valence electrons. The van der Waals surface area contributed by atoms with Crippen LogP contribution in [-0.4, -0.2) is 166 Å². The van der Waals surface area contributed by atoms with Gasteiger partial charge in [0.05, 0.1) is 40.0 Å². The van der Waals surface area contributed by atoms with Crippen LogP contribution in [0.2, 0.25) is 10.0 Å². The van der Waals surface area contributed by atoms with Crippen LogP contribution < -0.4 is 22.6 Å². The Kier molecular flexibility index (Phi) is 27.1. The molecule has 109 heavy (non-hydrogen) atoms. The van der Waals surface area contributed by atoms with Crippen LogP contribution >= 0.6 is 47.6 Å².